The Morgan fingerprint density at radius 3 is 2.33 bits per heavy atom. The van der Waals surface area contributed by atoms with Crippen LogP contribution in [0.3, 0.4) is 0 Å². The molecule has 2 rings (SSSR count). The molecule has 0 radical (unpaired) electrons. The summed E-state index contributed by atoms with van der Waals surface area (Å²) in [6.45, 7) is 8.00. The van der Waals surface area contributed by atoms with Crippen molar-refractivity contribution in [3.05, 3.63) is 53.6 Å². The summed E-state index contributed by atoms with van der Waals surface area (Å²) in [5.74, 6) is 0.281. The predicted octanol–water partition coefficient (Wildman–Crippen LogP) is 4.39. The average molecular weight is 433 g/mol. The van der Waals surface area contributed by atoms with Gasteiger partial charge in [-0.25, -0.2) is 8.42 Å². The number of carbonyl (C=O) groups is 1. The monoisotopic (exact) mass is 432 g/mol. The summed E-state index contributed by atoms with van der Waals surface area (Å²) in [6.07, 6.45) is 3.27. The molecule has 7 heteroatoms. The highest BCUT2D eigenvalue weighted by atomic mass is 32.2. The molecule has 2 aromatic carbocycles. The predicted molar refractivity (Wildman–Crippen MR) is 120 cm³/mol. The van der Waals surface area contributed by atoms with Crippen molar-refractivity contribution in [2.24, 2.45) is 0 Å². The molecule has 30 heavy (non-hydrogen) atoms. The molecule has 0 saturated carbocycles. The van der Waals surface area contributed by atoms with E-state index in [2.05, 4.69) is 12.2 Å². The summed E-state index contributed by atoms with van der Waals surface area (Å²) in [5, 5.41) is 2.79. The number of rotatable bonds is 11. The fraction of sp³-hybridized carbons (Fsp3) is 0.435. The van der Waals surface area contributed by atoms with Crippen LogP contribution in [0.1, 0.15) is 44.7 Å². The van der Waals surface area contributed by atoms with Gasteiger partial charge in [-0.05, 0) is 68.1 Å². The first-order valence-corrected chi connectivity index (χ1v) is 11.9. The van der Waals surface area contributed by atoms with Crippen LogP contribution in [0.15, 0.2) is 47.4 Å². The zero-order chi connectivity index (χ0) is 22.1. The zero-order valence-electron chi connectivity index (χ0n) is 18.3. The number of unbranched alkanes of at least 4 members (excludes halogenated alkanes) is 1. The van der Waals surface area contributed by atoms with E-state index in [0.717, 1.165) is 24.8 Å². The van der Waals surface area contributed by atoms with Crippen molar-refractivity contribution in [3.63, 3.8) is 0 Å². The van der Waals surface area contributed by atoms with Gasteiger partial charge < -0.3 is 10.1 Å². The van der Waals surface area contributed by atoms with Gasteiger partial charge >= 0.3 is 0 Å². The minimum atomic E-state index is -3.79. The fourth-order valence-electron chi connectivity index (χ4n) is 3.11. The molecule has 0 atom stereocenters. The average Bonchev–Trinajstić information content (AvgIpc) is 2.73. The third-order valence-corrected chi connectivity index (χ3v) is 6.73. The van der Waals surface area contributed by atoms with Crippen molar-refractivity contribution in [3.8, 4) is 5.75 Å². The van der Waals surface area contributed by atoms with E-state index in [1.165, 1.54) is 15.9 Å². The first kappa shape index (κ1) is 23.9. The molecule has 1 amide bonds. The molecule has 0 bridgehead atoms. The van der Waals surface area contributed by atoms with Gasteiger partial charge in [-0.15, -0.1) is 0 Å². The molecular weight excluding hydrogens is 400 g/mol. The number of anilines is 1. The van der Waals surface area contributed by atoms with Gasteiger partial charge in [0, 0.05) is 12.2 Å². The van der Waals surface area contributed by atoms with E-state index in [0.29, 0.717) is 18.0 Å². The molecule has 0 aromatic heterocycles. The first-order chi connectivity index (χ1) is 14.3. The number of carbonyl (C=O) groups excluding carboxylic acids is 1. The minimum Gasteiger partial charge on any atom is -0.494 e. The summed E-state index contributed by atoms with van der Waals surface area (Å²) in [6, 6.07) is 12.4. The van der Waals surface area contributed by atoms with Crippen LogP contribution in [-0.4, -0.2) is 38.3 Å². The summed E-state index contributed by atoms with van der Waals surface area (Å²) in [4.78, 5) is 12.6. The molecule has 0 heterocycles. The van der Waals surface area contributed by atoms with Gasteiger partial charge in [0.05, 0.1) is 18.0 Å². The Labute approximate surface area is 180 Å². The Bertz CT molecular complexity index is 940. The molecule has 0 aliphatic heterocycles. The van der Waals surface area contributed by atoms with Crippen molar-refractivity contribution in [1.29, 1.82) is 0 Å². The number of hydrogen-bond acceptors (Lipinski definition) is 4. The highest BCUT2D eigenvalue weighted by Gasteiger charge is 2.26. The number of benzene rings is 2. The van der Waals surface area contributed by atoms with E-state index in [1.807, 2.05) is 31.2 Å². The quantitative estimate of drug-likeness (QED) is 0.571. The number of nitrogens with zero attached hydrogens (tertiary/aromatic N) is 1. The van der Waals surface area contributed by atoms with Crippen molar-refractivity contribution in [2.75, 3.05) is 25.0 Å². The molecule has 0 aliphatic rings. The van der Waals surface area contributed by atoms with E-state index in [4.69, 9.17) is 4.74 Å². The fourth-order valence-corrected chi connectivity index (χ4v) is 4.60. The lowest BCUT2D eigenvalue weighted by atomic mass is 10.1. The van der Waals surface area contributed by atoms with E-state index < -0.39 is 10.0 Å². The van der Waals surface area contributed by atoms with Crippen LogP contribution in [0, 0.1) is 6.92 Å². The first-order valence-electron chi connectivity index (χ1n) is 10.4. The number of amides is 1. The van der Waals surface area contributed by atoms with Gasteiger partial charge in [-0.2, -0.15) is 4.31 Å². The number of nitrogens with one attached hydrogen (secondary N) is 1. The van der Waals surface area contributed by atoms with Crippen molar-refractivity contribution < 1.29 is 17.9 Å². The molecule has 164 valence electrons. The van der Waals surface area contributed by atoms with Crippen LogP contribution in [0.25, 0.3) is 0 Å². The van der Waals surface area contributed by atoms with E-state index in [-0.39, 0.29) is 23.9 Å². The van der Waals surface area contributed by atoms with Gasteiger partial charge in [-0.3, -0.25) is 4.79 Å². The zero-order valence-corrected chi connectivity index (χ0v) is 19.1. The van der Waals surface area contributed by atoms with Crippen molar-refractivity contribution in [1.82, 2.24) is 4.31 Å². The lowest BCUT2D eigenvalue weighted by Gasteiger charge is -2.21. The van der Waals surface area contributed by atoms with Gasteiger partial charge in [0.15, 0.2) is 0 Å². The van der Waals surface area contributed by atoms with Crippen molar-refractivity contribution in [2.45, 2.75) is 51.9 Å². The van der Waals surface area contributed by atoms with Gasteiger partial charge in [-0.1, -0.05) is 32.4 Å². The standard InChI is InChI=1S/C23H32N2O4S/c1-5-8-9-19-10-12-20(13-11-19)24-23(26)17-25(6-2)30(27,28)21-14-15-22(29-7-3)18(4)16-21/h10-16H,5-9,17H2,1-4H3,(H,24,26). The molecule has 0 unspecified atom stereocenters. The summed E-state index contributed by atoms with van der Waals surface area (Å²) >= 11 is 0. The number of likely N-dealkylation sites (N-methyl/N-ethyl adjacent to an activating group) is 1. The number of hydrogen-bond donors (Lipinski definition) is 1. The van der Waals surface area contributed by atoms with Crippen LogP contribution >= 0.6 is 0 Å². The third-order valence-electron chi connectivity index (χ3n) is 4.81. The van der Waals surface area contributed by atoms with Crippen LogP contribution in [-0.2, 0) is 21.2 Å². The Morgan fingerprint density at radius 2 is 1.77 bits per heavy atom. The Balaban J connectivity index is 2.07. The van der Waals surface area contributed by atoms with Crippen LogP contribution in [0.5, 0.6) is 5.75 Å². The molecule has 0 saturated heterocycles. The maximum absolute atomic E-state index is 13.0. The molecule has 0 spiro atoms. The van der Waals surface area contributed by atoms with Crippen molar-refractivity contribution >= 4 is 21.6 Å². The van der Waals surface area contributed by atoms with Crippen LogP contribution < -0.4 is 10.1 Å². The second-order valence-electron chi connectivity index (χ2n) is 7.14. The highest BCUT2D eigenvalue weighted by Crippen LogP contribution is 2.24. The maximum Gasteiger partial charge on any atom is 0.243 e. The second-order valence-corrected chi connectivity index (χ2v) is 9.08. The summed E-state index contributed by atoms with van der Waals surface area (Å²) in [7, 11) is -3.79. The SMILES string of the molecule is CCCCc1ccc(NC(=O)CN(CC)S(=O)(=O)c2ccc(OCC)c(C)c2)cc1. The normalized spacial score (nSPS) is 11.5. The smallest absolute Gasteiger partial charge is 0.243 e. The minimum absolute atomic E-state index is 0.151. The largest absolute Gasteiger partial charge is 0.494 e. The van der Waals surface area contributed by atoms with Gasteiger partial charge in [0.25, 0.3) is 0 Å². The molecule has 0 fully saturated rings. The molecule has 2 aromatic rings. The molecular formula is C23H32N2O4S. The van der Waals surface area contributed by atoms with E-state index in [9.17, 15) is 13.2 Å². The Hall–Kier alpha value is -2.38. The lowest BCUT2D eigenvalue weighted by molar-refractivity contribution is -0.116. The van der Waals surface area contributed by atoms with Gasteiger partial charge in [0.1, 0.15) is 5.75 Å². The second kappa shape index (κ2) is 11.1. The lowest BCUT2D eigenvalue weighted by Crippen LogP contribution is -2.37. The number of sulfonamides is 1. The Morgan fingerprint density at radius 1 is 1.07 bits per heavy atom. The number of aryl methyl sites for hydroxylation is 2. The Kier molecular flexibility index (Phi) is 8.87. The maximum atomic E-state index is 13.0. The van der Waals surface area contributed by atoms with Gasteiger partial charge in [0.2, 0.25) is 15.9 Å². The van der Waals surface area contributed by atoms with Crippen LogP contribution in [0.4, 0.5) is 5.69 Å². The van der Waals surface area contributed by atoms with E-state index in [1.54, 1.807) is 26.0 Å². The third kappa shape index (κ3) is 6.31. The molecule has 6 nitrogen and oxygen atoms in total. The molecule has 1 N–H and O–H groups in total. The topological polar surface area (TPSA) is 75.7 Å². The summed E-state index contributed by atoms with van der Waals surface area (Å²) in [5.41, 5.74) is 2.62. The number of ether oxygens (including phenoxy) is 1. The van der Waals surface area contributed by atoms with Crippen LogP contribution in [0.2, 0.25) is 0 Å². The molecule has 0 aliphatic carbocycles. The van der Waals surface area contributed by atoms with E-state index >= 15 is 0 Å². The highest BCUT2D eigenvalue weighted by molar-refractivity contribution is 7.89. The summed E-state index contributed by atoms with van der Waals surface area (Å²) < 4.78 is 32.7.